The van der Waals surface area contributed by atoms with Gasteiger partial charge in [-0.2, -0.15) is 0 Å². The molecule has 21 heavy (non-hydrogen) atoms. The summed E-state index contributed by atoms with van der Waals surface area (Å²) in [7, 11) is -2.94. The number of fused-ring (bicyclic) bond motifs is 1. The summed E-state index contributed by atoms with van der Waals surface area (Å²) in [5, 5.41) is 10.5. The van der Waals surface area contributed by atoms with Gasteiger partial charge in [-0.25, -0.2) is 13.4 Å². The lowest BCUT2D eigenvalue weighted by Gasteiger charge is -2.22. The molecule has 5 nitrogen and oxygen atoms in total. The topological polar surface area (TPSA) is 70.5 Å². The van der Waals surface area contributed by atoms with E-state index in [9.17, 15) is 13.5 Å². The predicted octanol–water partition coefficient (Wildman–Crippen LogP) is 1.35. The number of hydrogen-bond donors (Lipinski definition) is 1. The van der Waals surface area contributed by atoms with Crippen molar-refractivity contribution in [1.82, 2.24) is 4.98 Å². The Morgan fingerprint density at radius 2 is 2.00 bits per heavy atom. The Bertz CT molecular complexity index is 759. The molecule has 112 valence electrons. The number of pyridine rings is 1. The summed E-state index contributed by atoms with van der Waals surface area (Å²) in [5.41, 5.74) is 1.65. The molecule has 1 aromatic heterocycles. The van der Waals surface area contributed by atoms with Gasteiger partial charge < -0.3 is 10.0 Å². The molecule has 2 heterocycles. The van der Waals surface area contributed by atoms with Gasteiger partial charge in [0.25, 0.3) is 0 Å². The molecule has 1 aromatic carbocycles. The van der Waals surface area contributed by atoms with Crippen LogP contribution in [0.15, 0.2) is 30.3 Å². The molecule has 0 bridgehead atoms. The maximum atomic E-state index is 11.7. The summed E-state index contributed by atoms with van der Waals surface area (Å²) < 4.78 is 23.4. The second-order valence-corrected chi connectivity index (χ2v) is 7.61. The third-order valence-electron chi connectivity index (χ3n) is 3.84. The second kappa shape index (κ2) is 5.61. The molecule has 1 saturated heterocycles. The van der Waals surface area contributed by atoms with Crippen molar-refractivity contribution >= 4 is 26.6 Å². The maximum Gasteiger partial charge on any atom is 0.152 e. The first kappa shape index (κ1) is 14.3. The van der Waals surface area contributed by atoms with Gasteiger partial charge in [0, 0.05) is 18.5 Å². The molecule has 1 aliphatic rings. The van der Waals surface area contributed by atoms with Gasteiger partial charge in [-0.3, -0.25) is 0 Å². The maximum absolute atomic E-state index is 11.7. The van der Waals surface area contributed by atoms with Crippen LogP contribution in [-0.4, -0.2) is 43.1 Å². The Balaban J connectivity index is 2.00. The van der Waals surface area contributed by atoms with E-state index < -0.39 is 9.84 Å². The highest BCUT2D eigenvalue weighted by molar-refractivity contribution is 7.91. The third kappa shape index (κ3) is 3.01. The summed E-state index contributed by atoms with van der Waals surface area (Å²) in [6.07, 6.45) is 0.616. The number of benzene rings is 1. The van der Waals surface area contributed by atoms with Crippen LogP contribution in [0.4, 0.5) is 5.82 Å². The summed E-state index contributed by atoms with van der Waals surface area (Å²) in [5.74, 6) is 1.15. The lowest BCUT2D eigenvalue weighted by Crippen LogP contribution is -2.27. The minimum atomic E-state index is -2.94. The molecule has 0 amide bonds. The van der Waals surface area contributed by atoms with E-state index in [4.69, 9.17) is 0 Å². The number of hydrogen-bond acceptors (Lipinski definition) is 5. The van der Waals surface area contributed by atoms with Crippen molar-refractivity contribution in [2.45, 2.75) is 13.0 Å². The van der Waals surface area contributed by atoms with Crippen LogP contribution in [0.1, 0.15) is 12.0 Å². The van der Waals surface area contributed by atoms with Gasteiger partial charge in [0.05, 0.1) is 23.6 Å². The molecule has 0 spiro atoms. The zero-order valence-corrected chi connectivity index (χ0v) is 12.5. The number of para-hydroxylation sites is 1. The number of anilines is 1. The van der Waals surface area contributed by atoms with Crippen LogP contribution < -0.4 is 4.90 Å². The molecule has 0 unspecified atom stereocenters. The van der Waals surface area contributed by atoms with Gasteiger partial charge >= 0.3 is 0 Å². The molecule has 0 aliphatic carbocycles. The van der Waals surface area contributed by atoms with E-state index in [-0.39, 0.29) is 18.1 Å². The Morgan fingerprint density at radius 3 is 2.81 bits per heavy atom. The molecular weight excluding hydrogens is 288 g/mol. The first-order valence-corrected chi connectivity index (χ1v) is 8.86. The van der Waals surface area contributed by atoms with Crippen molar-refractivity contribution in [3.05, 3.63) is 35.9 Å². The zero-order chi connectivity index (χ0) is 14.9. The molecule has 3 rings (SSSR count). The van der Waals surface area contributed by atoms with Crippen LogP contribution in [0.5, 0.6) is 0 Å². The average molecular weight is 306 g/mol. The number of aliphatic hydroxyl groups is 1. The van der Waals surface area contributed by atoms with E-state index in [1.807, 2.05) is 35.2 Å². The Morgan fingerprint density at radius 1 is 1.19 bits per heavy atom. The van der Waals surface area contributed by atoms with Crippen molar-refractivity contribution < 1.29 is 13.5 Å². The summed E-state index contributed by atoms with van der Waals surface area (Å²) in [6.45, 7) is 1.08. The van der Waals surface area contributed by atoms with Crippen LogP contribution >= 0.6 is 0 Å². The first-order chi connectivity index (χ1) is 10.1. The quantitative estimate of drug-likeness (QED) is 0.907. The van der Waals surface area contributed by atoms with Crippen LogP contribution in [0.25, 0.3) is 10.9 Å². The summed E-state index contributed by atoms with van der Waals surface area (Å²) in [4.78, 5) is 6.61. The lowest BCUT2D eigenvalue weighted by atomic mass is 10.1. The van der Waals surface area contributed by atoms with Gasteiger partial charge in [0.15, 0.2) is 9.84 Å². The molecule has 0 radical (unpaired) electrons. The van der Waals surface area contributed by atoms with Gasteiger partial charge in [-0.05, 0) is 24.1 Å². The average Bonchev–Trinajstić information content (AvgIpc) is 2.67. The van der Waals surface area contributed by atoms with Crippen molar-refractivity contribution in [3.63, 3.8) is 0 Å². The Hall–Kier alpha value is -1.66. The minimum Gasteiger partial charge on any atom is -0.392 e. The van der Waals surface area contributed by atoms with E-state index in [1.54, 1.807) is 0 Å². The van der Waals surface area contributed by atoms with Crippen LogP contribution in [0.3, 0.4) is 0 Å². The molecule has 1 fully saturated rings. The largest absolute Gasteiger partial charge is 0.392 e. The molecule has 0 saturated carbocycles. The third-order valence-corrected chi connectivity index (χ3v) is 5.55. The standard InChI is InChI=1S/C15H18N2O3S/c18-11-12-10-15(16-14-5-2-1-4-13(12)14)17-6-3-8-21(19,20)9-7-17/h1-2,4-5,10,18H,3,6-9,11H2. The molecule has 1 aliphatic heterocycles. The molecule has 6 heteroatoms. The molecule has 2 aromatic rings. The van der Waals surface area contributed by atoms with Gasteiger partial charge in [-0.15, -0.1) is 0 Å². The number of sulfone groups is 1. The number of aliphatic hydroxyl groups excluding tert-OH is 1. The number of nitrogens with zero attached hydrogens (tertiary/aromatic N) is 2. The second-order valence-electron chi connectivity index (χ2n) is 5.31. The molecular formula is C15H18N2O3S. The fourth-order valence-electron chi connectivity index (χ4n) is 2.69. The Kier molecular flexibility index (Phi) is 3.82. The van der Waals surface area contributed by atoms with Crippen LogP contribution in [-0.2, 0) is 16.4 Å². The monoisotopic (exact) mass is 306 g/mol. The number of rotatable bonds is 2. The highest BCUT2D eigenvalue weighted by Gasteiger charge is 2.20. The molecule has 1 N–H and O–H groups in total. The zero-order valence-electron chi connectivity index (χ0n) is 11.7. The van der Waals surface area contributed by atoms with E-state index in [2.05, 4.69) is 4.98 Å². The fraction of sp³-hybridized carbons (Fsp3) is 0.400. The van der Waals surface area contributed by atoms with Crippen LogP contribution in [0, 0.1) is 0 Å². The van der Waals surface area contributed by atoms with Gasteiger partial charge in [0.2, 0.25) is 0 Å². The normalized spacial score (nSPS) is 18.6. The Labute approximate surface area is 124 Å². The van der Waals surface area contributed by atoms with E-state index in [1.165, 1.54) is 0 Å². The van der Waals surface area contributed by atoms with Crippen molar-refractivity contribution in [1.29, 1.82) is 0 Å². The predicted molar refractivity (Wildman–Crippen MR) is 83.1 cm³/mol. The lowest BCUT2D eigenvalue weighted by molar-refractivity contribution is 0.283. The van der Waals surface area contributed by atoms with E-state index >= 15 is 0 Å². The number of aromatic nitrogens is 1. The van der Waals surface area contributed by atoms with E-state index in [0.717, 1.165) is 22.3 Å². The fourth-order valence-corrected chi connectivity index (χ4v) is 3.96. The summed E-state index contributed by atoms with van der Waals surface area (Å²) >= 11 is 0. The minimum absolute atomic E-state index is 0.0534. The first-order valence-electron chi connectivity index (χ1n) is 7.04. The smallest absolute Gasteiger partial charge is 0.152 e. The van der Waals surface area contributed by atoms with Gasteiger partial charge in [-0.1, -0.05) is 18.2 Å². The highest BCUT2D eigenvalue weighted by Crippen LogP contribution is 2.24. The van der Waals surface area contributed by atoms with Crippen LogP contribution in [0.2, 0.25) is 0 Å². The van der Waals surface area contributed by atoms with E-state index in [0.29, 0.717) is 19.5 Å². The highest BCUT2D eigenvalue weighted by atomic mass is 32.2. The van der Waals surface area contributed by atoms with Gasteiger partial charge in [0.1, 0.15) is 5.82 Å². The van der Waals surface area contributed by atoms with Crippen molar-refractivity contribution in [2.24, 2.45) is 0 Å². The van der Waals surface area contributed by atoms with Crippen molar-refractivity contribution in [2.75, 3.05) is 29.5 Å². The molecule has 0 atom stereocenters. The SMILES string of the molecule is O=S1(=O)CCCN(c2cc(CO)c3ccccc3n2)CC1. The summed E-state index contributed by atoms with van der Waals surface area (Å²) in [6, 6.07) is 9.53. The van der Waals surface area contributed by atoms with Crippen molar-refractivity contribution in [3.8, 4) is 0 Å².